The molecule has 0 aromatic carbocycles. The number of hydrogen-bond acceptors (Lipinski definition) is 3. The maximum absolute atomic E-state index is 10.6. The molecule has 3 heteroatoms. The smallest absolute Gasteiger partial charge is 0.104 e. The topological polar surface area (TPSA) is 53.2 Å². The molecule has 0 aromatic heterocycles. The van der Waals surface area contributed by atoms with Gasteiger partial charge in [0.2, 0.25) is 0 Å². The molecule has 1 saturated carbocycles. The van der Waals surface area contributed by atoms with Gasteiger partial charge in [-0.15, -0.1) is 0 Å². The van der Waals surface area contributed by atoms with Crippen molar-refractivity contribution in [2.75, 3.05) is 13.2 Å². The zero-order chi connectivity index (χ0) is 13.6. The molecule has 0 radical (unpaired) electrons. The van der Waals surface area contributed by atoms with Crippen LogP contribution in [0.3, 0.4) is 0 Å². The molecule has 0 amide bonds. The molecule has 104 valence electrons. The molecule has 0 spiro atoms. The Balaban J connectivity index is 2.68. The third-order valence-corrected chi connectivity index (χ3v) is 4.49. The van der Waals surface area contributed by atoms with Gasteiger partial charge >= 0.3 is 0 Å². The molecule has 1 aliphatic carbocycles. The minimum atomic E-state index is -1.03. The van der Waals surface area contributed by atoms with Gasteiger partial charge in [0.15, 0.2) is 0 Å². The highest BCUT2D eigenvalue weighted by molar-refractivity contribution is 5.11. The van der Waals surface area contributed by atoms with Gasteiger partial charge in [-0.3, -0.25) is 0 Å². The van der Waals surface area contributed by atoms with Crippen LogP contribution in [-0.4, -0.2) is 23.9 Å². The Morgan fingerprint density at radius 1 is 1.39 bits per heavy atom. The summed E-state index contributed by atoms with van der Waals surface area (Å²) in [4.78, 5) is 0. The van der Waals surface area contributed by atoms with Crippen LogP contribution in [0.2, 0.25) is 0 Å². The second-order valence-corrected chi connectivity index (χ2v) is 5.84. The van der Waals surface area contributed by atoms with E-state index in [1.807, 2.05) is 6.92 Å². The lowest BCUT2D eigenvalue weighted by atomic mass is 9.62. The van der Waals surface area contributed by atoms with E-state index >= 15 is 0 Å². The summed E-state index contributed by atoms with van der Waals surface area (Å²) in [7, 11) is 0. The van der Waals surface area contributed by atoms with Gasteiger partial charge in [-0.2, -0.15) is 5.26 Å². The zero-order valence-corrected chi connectivity index (χ0v) is 12.0. The lowest BCUT2D eigenvalue weighted by molar-refractivity contribution is -0.112. The Bertz CT molecular complexity index is 285. The fraction of sp³-hybridized carbons (Fsp3) is 0.933. The number of rotatable bonds is 6. The molecular weight excluding hydrogens is 226 g/mol. The minimum absolute atomic E-state index is 0.259. The van der Waals surface area contributed by atoms with Crippen molar-refractivity contribution in [1.29, 1.82) is 5.26 Å². The molecule has 0 bridgehead atoms. The Kier molecular flexibility index (Phi) is 5.62. The SMILES string of the molecule is CCCC1CCC(C#N)(C(C)(O)COCC)CC1. The largest absolute Gasteiger partial charge is 0.386 e. The number of nitriles is 1. The summed E-state index contributed by atoms with van der Waals surface area (Å²) in [6, 6.07) is 2.40. The van der Waals surface area contributed by atoms with Crippen molar-refractivity contribution >= 4 is 0 Å². The lowest BCUT2D eigenvalue weighted by Gasteiger charge is -2.44. The Labute approximate surface area is 111 Å². The fourth-order valence-corrected chi connectivity index (χ4v) is 3.08. The van der Waals surface area contributed by atoms with Crippen molar-refractivity contribution in [3.63, 3.8) is 0 Å². The average molecular weight is 253 g/mol. The highest BCUT2D eigenvalue weighted by Gasteiger charge is 2.49. The van der Waals surface area contributed by atoms with E-state index in [-0.39, 0.29) is 6.61 Å². The summed E-state index contributed by atoms with van der Waals surface area (Å²) >= 11 is 0. The van der Waals surface area contributed by atoms with E-state index in [4.69, 9.17) is 4.74 Å². The summed E-state index contributed by atoms with van der Waals surface area (Å²) in [6.45, 7) is 6.71. The minimum Gasteiger partial charge on any atom is -0.386 e. The predicted octanol–water partition coefficient (Wildman–Crippen LogP) is 3.27. The van der Waals surface area contributed by atoms with Crippen molar-refractivity contribution in [2.45, 2.75) is 64.9 Å². The van der Waals surface area contributed by atoms with Crippen molar-refractivity contribution in [1.82, 2.24) is 0 Å². The van der Waals surface area contributed by atoms with Crippen LogP contribution in [0.4, 0.5) is 0 Å². The van der Waals surface area contributed by atoms with E-state index in [0.717, 1.165) is 31.6 Å². The summed E-state index contributed by atoms with van der Waals surface area (Å²) in [5.74, 6) is 0.736. The predicted molar refractivity (Wildman–Crippen MR) is 72.0 cm³/mol. The summed E-state index contributed by atoms with van der Waals surface area (Å²) in [5.41, 5.74) is -1.65. The third-order valence-electron chi connectivity index (χ3n) is 4.49. The van der Waals surface area contributed by atoms with Gasteiger partial charge in [-0.25, -0.2) is 0 Å². The van der Waals surface area contributed by atoms with Crippen molar-refractivity contribution in [3.05, 3.63) is 0 Å². The van der Waals surface area contributed by atoms with Gasteiger partial charge in [0.25, 0.3) is 0 Å². The Morgan fingerprint density at radius 2 is 2.00 bits per heavy atom. The second-order valence-electron chi connectivity index (χ2n) is 5.84. The van der Waals surface area contributed by atoms with Crippen LogP contribution in [0, 0.1) is 22.7 Å². The number of nitrogens with zero attached hydrogens (tertiary/aromatic N) is 1. The summed E-state index contributed by atoms with van der Waals surface area (Å²) in [5, 5.41) is 20.1. The normalized spacial score (nSPS) is 31.6. The van der Waals surface area contributed by atoms with Crippen LogP contribution in [-0.2, 0) is 4.74 Å². The molecule has 3 nitrogen and oxygen atoms in total. The standard InChI is InChI=1S/C15H27NO2/c1-4-6-13-7-9-15(11-16,10-8-13)14(3,17)12-18-5-2/h13,17H,4-10,12H2,1-3H3. The molecule has 1 aliphatic rings. The Hall–Kier alpha value is -0.590. The van der Waals surface area contributed by atoms with E-state index < -0.39 is 11.0 Å². The first kappa shape index (κ1) is 15.5. The highest BCUT2D eigenvalue weighted by Crippen LogP contribution is 2.47. The third kappa shape index (κ3) is 3.24. The maximum atomic E-state index is 10.6. The monoisotopic (exact) mass is 253 g/mol. The average Bonchev–Trinajstić information content (AvgIpc) is 2.37. The molecular formula is C15H27NO2. The van der Waals surface area contributed by atoms with E-state index in [2.05, 4.69) is 13.0 Å². The van der Waals surface area contributed by atoms with Crippen LogP contribution in [0.1, 0.15) is 59.3 Å². The van der Waals surface area contributed by atoms with E-state index in [1.165, 1.54) is 12.8 Å². The van der Waals surface area contributed by atoms with Gasteiger partial charge < -0.3 is 9.84 Å². The highest BCUT2D eigenvalue weighted by atomic mass is 16.5. The van der Waals surface area contributed by atoms with Crippen molar-refractivity contribution in [3.8, 4) is 6.07 Å². The first-order valence-electron chi connectivity index (χ1n) is 7.22. The first-order chi connectivity index (χ1) is 8.51. The molecule has 1 atom stereocenters. The van der Waals surface area contributed by atoms with Gasteiger partial charge in [-0.1, -0.05) is 19.8 Å². The number of aliphatic hydroxyl groups is 1. The van der Waals surface area contributed by atoms with Crippen LogP contribution >= 0.6 is 0 Å². The number of hydrogen-bond donors (Lipinski definition) is 1. The second kappa shape index (κ2) is 6.54. The summed E-state index contributed by atoms with van der Waals surface area (Å²) in [6.07, 6.45) is 6.17. The molecule has 0 aromatic rings. The van der Waals surface area contributed by atoms with Crippen LogP contribution in [0.25, 0.3) is 0 Å². The molecule has 0 heterocycles. The number of ether oxygens (including phenoxy) is 1. The molecule has 1 fully saturated rings. The van der Waals surface area contributed by atoms with Crippen LogP contribution in [0.5, 0.6) is 0 Å². The van der Waals surface area contributed by atoms with E-state index in [1.54, 1.807) is 6.92 Å². The molecule has 1 unspecified atom stereocenters. The maximum Gasteiger partial charge on any atom is 0.104 e. The zero-order valence-electron chi connectivity index (χ0n) is 12.0. The Morgan fingerprint density at radius 3 is 2.44 bits per heavy atom. The summed E-state index contributed by atoms with van der Waals surface area (Å²) < 4.78 is 5.35. The van der Waals surface area contributed by atoms with E-state index in [0.29, 0.717) is 6.61 Å². The molecule has 18 heavy (non-hydrogen) atoms. The van der Waals surface area contributed by atoms with Crippen LogP contribution in [0.15, 0.2) is 0 Å². The molecule has 0 saturated heterocycles. The van der Waals surface area contributed by atoms with Crippen molar-refractivity contribution < 1.29 is 9.84 Å². The van der Waals surface area contributed by atoms with Crippen molar-refractivity contribution in [2.24, 2.45) is 11.3 Å². The first-order valence-corrected chi connectivity index (χ1v) is 7.22. The van der Waals surface area contributed by atoms with E-state index in [9.17, 15) is 10.4 Å². The lowest BCUT2D eigenvalue weighted by Crippen LogP contribution is -2.50. The van der Waals surface area contributed by atoms with Gasteiger partial charge in [-0.05, 0) is 45.4 Å². The quantitative estimate of drug-likeness (QED) is 0.790. The van der Waals surface area contributed by atoms with Gasteiger partial charge in [0, 0.05) is 6.61 Å². The van der Waals surface area contributed by atoms with Crippen LogP contribution < -0.4 is 0 Å². The molecule has 0 aliphatic heterocycles. The molecule has 1 rings (SSSR count). The fourth-order valence-electron chi connectivity index (χ4n) is 3.08. The van der Waals surface area contributed by atoms with Gasteiger partial charge in [0.05, 0.1) is 18.1 Å². The van der Waals surface area contributed by atoms with Gasteiger partial charge in [0.1, 0.15) is 5.60 Å². The molecule has 1 N–H and O–H groups in total.